The number of amides is 2. The molecule has 0 radical (unpaired) electrons. The van der Waals surface area contributed by atoms with E-state index in [1.54, 1.807) is 24.3 Å². The van der Waals surface area contributed by atoms with Gasteiger partial charge in [0.25, 0.3) is 11.8 Å². The molecule has 0 aromatic heterocycles. The van der Waals surface area contributed by atoms with Crippen molar-refractivity contribution in [2.75, 3.05) is 19.5 Å². The molecule has 0 bridgehead atoms. The van der Waals surface area contributed by atoms with E-state index in [0.29, 0.717) is 11.3 Å². The highest BCUT2D eigenvalue weighted by Crippen LogP contribution is 2.23. The molecular weight excluding hydrogens is 346 g/mol. The number of sulfonamides is 1. The Balaban J connectivity index is 2.30. The summed E-state index contributed by atoms with van der Waals surface area (Å²) in [6.07, 6.45) is 0. The number of nitrogens with two attached hydrogens (primary N) is 1. The summed E-state index contributed by atoms with van der Waals surface area (Å²) in [6.45, 7) is 0. The molecule has 8 nitrogen and oxygen atoms in total. The van der Waals surface area contributed by atoms with Crippen LogP contribution in [-0.4, -0.2) is 34.4 Å². The van der Waals surface area contributed by atoms with Crippen LogP contribution in [0.15, 0.2) is 47.4 Å². The number of hydrogen-bond acceptors (Lipinski definition) is 5. The Morgan fingerprint density at radius 1 is 1.04 bits per heavy atom. The molecule has 0 fully saturated rings. The average Bonchev–Trinajstić information content (AvgIpc) is 2.60. The summed E-state index contributed by atoms with van der Waals surface area (Å²) in [5.41, 5.74) is 0.888. The average molecular weight is 363 g/mol. The third-order valence-corrected chi connectivity index (χ3v) is 4.29. The lowest BCUT2D eigenvalue weighted by molar-refractivity contribution is 0.0962. The number of benzene rings is 2. The minimum absolute atomic E-state index is 0.0180. The monoisotopic (exact) mass is 363 g/mol. The van der Waals surface area contributed by atoms with E-state index in [1.807, 2.05) is 0 Å². The van der Waals surface area contributed by atoms with E-state index in [4.69, 9.17) is 9.88 Å². The Morgan fingerprint density at radius 3 is 2.20 bits per heavy atom. The van der Waals surface area contributed by atoms with E-state index in [1.165, 1.54) is 26.3 Å². The van der Waals surface area contributed by atoms with Crippen LogP contribution >= 0.6 is 0 Å². The first-order valence-electron chi connectivity index (χ1n) is 7.10. The molecule has 2 aromatic carbocycles. The van der Waals surface area contributed by atoms with Gasteiger partial charge in [-0.15, -0.1) is 0 Å². The summed E-state index contributed by atoms with van der Waals surface area (Å²) in [6, 6.07) is 9.95. The molecule has 0 heterocycles. The number of rotatable bonds is 5. The summed E-state index contributed by atoms with van der Waals surface area (Å²) < 4.78 is 28.0. The quantitative estimate of drug-likeness (QED) is 0.729. The Hall–Kier alpha value is -2.91. The fourth-order valence-corrected chi connectivity index (χ4v) is 2.63. The Labute approximate surface area is 145 Å². The molecule has 2 aromatic rings. The maximum atomic E-state index is 12.4. The number of carbonyl (C=O) groups is 2. The predicted octanol–water partition coefficient (Wildman–Crippen LogP) is 0.954. The first kappa shape index (κ1) is 18.4. The number of carbonyl (C=O) groups excluding carboxylic acids is 2. The molecular formula is C16H17N3O5S. The van der Waals surface area contributed by atoms with E-state index in [9.17, 15) is 18.0 Å². The van der Waals surface area contributed by atoms with E-state index in [0.717, 1.165) is 6.07 Å². The second-order valence-electron chi connectivity index (χ2n) is 5.02. The van der Waals surface area contributed by atoms with Crippen molar-refractivity contribution in [3.05, 3.63) is 53.6 Å². The van der Waals surface area contributed by atoms with Gasteiger partial charge in [-0.25, -0.2) is 13.6 Å². The summed E-state index contributed by atoms with van der Waals surface area (Å²) in [5, 5.41) is 10.2. The molecule has 0 saturated carbocycles. The van der Waals surface area contributed by atoms with Crippen LogP contribution in [0.5, 0.6) is 5.75 Å². The minimum Gasteiger partial charge on any atom is -0.496 e. The molecule has 4 N–H and O–H groups in total. The smallest absolute Gasteiger partial charge is 0.259 e. The maximum absolute atomic E-state index is 12.4. The van der Waals surface area contributed by atoms with Crippen LogP contribution in [0.25, 0.3) is 0 Å². The van der Waals surface area contributed by atoms with Crippen LogP contribution in [0.2, 0.25) is 0 Å². The SMILES string of the molecule is CNC(=O)c1ccc(NC(=O)c2cc(S(N)(=O)=O)ccc2OC)cc1. The fourth-order valence-electron chi connectivity index (χ4n) is 2.09. The molecule has 132 valence electrons. The van der Waals surface area contributed by atoms with Gasteiger partial charge in [-0.1, -0.05) is 0 Å². The molecule has 0 saturated heterocycles. The van der Waals surface area contributed by atoms with Crippen LogP contribution in [0.4, 0.5) is 5.69 Å². The highest BCUT2D eigenvalue weighted by molar-refractivity contribution is 7.89. The van der Waals surface area contributed by atoms with Gasteiger partial charge < -0.3 is 15.4 Å². The van der Waals surface area contributed by atoms with Crippen molar-refractivity contribution < 1.29 is 22.7 Å². The lowest BCUT2D eigenvalue weighted by atomic mass is 10.1. The van der Waals surface area contributed by atoms with Crippen LogP contribution in [0.3, 0.4) is 0 Å². The molecule has 2 amide bonds. The minimum atomic E-state index is -3.95. The van der Waals surface area contributed by atoms with E-state index < -0.39 is 15.9 Å². The number of hydrogen-bond donors (Lipinski definition) is 3. The summed E-state index contributed by atoms with van der Waals surface area (Å²) in [7, 11) is -1.08. The van der Waals surface area contributed by atoms with Crippen molar-refractivity contribution in [1.82, 2.24) is 5.32 Å². The number of primary sulfonamides is 1. The topological polar surface area (TPSA) is 128 Å². The van der Waals surface area contributed by atoms with Gasteiger partial charge >= 0.3 is 0 Å². The van der Waals surface area contributed by atoms with E-state index in [-0.39, 0.29) is 22.1 Å². The Morgan fingerprint density at radius 2 is 1.68 bits per heavy atom. The lowest BCUT2D eigenvalue weighted by Gasteiger charge is -2.11. The highest BCUT2D eigenvalue weighted by Gasteiger charge is 2.17. The van der Waals surface area contributed by atoms with Gasteiger partial charge in [0.05, 0.1) is 17.6 Å². The first-order chi connectivity index (χ1) is 11.8. The number of ether oxygens (including phenoxy) is 1. The van der Waals surface area contributed by atoms with Crippen molar-refractivity contribution in [3.63, 3.8) is 0 Å². The van der Waals surface area contributed by atoms with Gasteiger partial charge in [-0.3, -0.25) is 9.59 Å². The Bertz CT molecular complexity index is 908. The summed E-state index contributed by atoms with van der Waals surface area (Å²) in [4.78, 5) is 23.7. The van der Waals surface area contributed by atoms with Gasteiger partial charge in [0, 0.05) is 18.3 Å². The first-order valence-corrected chi connectivity index (χ1v) is 8.65. The Kier molecular flexibility index (Phi) is 5.40. The van der Waals surface area contributed by atoms with Crippen molar-refractivity contribution >= 4 is 27.5 Å². The van der Waals surface area contributed by atoms with Gasteiger partial charge in [0.2, 0.25) is 10.0 Å². The van der Waals surface area contributed by atoms with Gasteiger partial charge in [-0.05, 0) is 42.5 Å². The summed E-state index contributed by atoms with van der Waals surface area (Å²) >= 11 is 0. The van der Waals surface area contributed by atoms with Gasteiger partial charge in [-0.2, -0.15) is 0 Å². The maximum Gasteiger partial charge on any atom is 0.259 e. The van der Waals surface area contributed by atoms with Gasteiger partial charge in [0.1, 0.15) is 5.75 Å². The largest absolute Gasteiger partial charge is 0.496 e. The summed E-state index contributed by atoms with van der Waals surface area (Å²) in [5.74, 6) is -0.623. The predicted molar refractivity (Wildman–Crippen MR) is 92.2 cm³/mol. The second-order valence-corrected chi connectivity index (χ2v) is 6.58. The molecule has 0 spiro atoms. The highest BCUT2D eigenvalue weighted by atomic mass is 32.2. The zero-order valence-electron chi connectivity index (χ0n) is 13.6. The van der Waals surface area contributed by atoms with Crippen LogP contribution in [-0.2, 0) is 10.0 Å². The fraction of sp³-hybridized carbons (Fsp3) is 0.125. The molecule has 9 heteroatoms. The third kappa shape index (κ3) is 4.34. The number of nitrogens with one attached hydrogen (secondary N) is 2. The third-order valence-electron chi connectivity index (χ3n) is 3.38. The second kappa shape index (κ2) is 7.32. The standard InChI is InChI=1S/C16H17N3O5S/c1-18-15(20)10-3-5-11(6-4-10)19-16(21)13-9-12(25(17,22)23)7-8-14(13)24-2/h3-9H,1-2H3,(H,18,20)(H,19,21)(H2,17,22,23). The lowest BCUT2D eigenvalue weighted by Crippen LogP contribution is -2.18. The van der Waals surface area contributed by atoms with Crippen molar-refractivity contribution in [3.8, 4) is 5.75 Å². The van der Waals surface area contributed by atoms with E-state index >= 15 is 0 Å². The molecule has 0 unspecified atom stereocenters. The number of anilines is 1. The zero-order valence-corrected chi connectivity index (χ0v) is 14.4. The van der Waals surface area contributed by atoms with Gasteiger partial charge in [0.15, 0.2) is 0 Å². The normalized spacial score (nSPS) is 10.8. The van der Waals surface area contributed by atoms with Crippen LogP contribution < -0.4 is 20.5 Å². The van der Waals surface area contributed by atoms with Crippen molar-refractivity contribution in [2.45, 2.75) is 4.90 Å². The molecule has 25 heavy (non-hydrogen) atoms. The molecule has 2 rings (SSSR count). The zero-order chi connectivity index (χ0) is 18.6. The molecule has 0 aliphatic carbocycles. The van der Waals surface area contributed by atoms with Crippen molar-refractivity contribution in [1.29, 1.82) is 0 Å². The number of methoxy groups -OCH3 is 1. The van der Waals surface area contributed by atoms with E-state index in [2.05, 4.69) is 10.6 Å². The van der Waals surface area contributed by atoms with Crippen molar-refractivity contribution in [2.24, 2.45) is 5.14 Å². The molecule has 0 atom stereocenters. The van der Waals surface area contributed by atoms with Crippen LogP contribution in [0, 0.1) is 0 Å². The molecule has 0 aliphatic rings. The molecule has 0 aliphatic heterocycles. The van der Waals surface area contributed by atoms with Crippen LogP contribution in [0.1, 0.15) is 20.7 Å².